The van der Waals surface area contributed by atoms with Crippen molar-refractivity contribution >= 4 is 18.2 Å². The Balaban J connectivity index is 1.29. The minimum Gasteiger partial charge on any atom is -0.337 e. The molecule has 14 heteroatoms. The number of aryl methyl sites for hydroxylation is 2. The molecule has 0 saturated carbocycles. The summed E-state index contributed by atoms with van der Waals surface area (Å²) in [4.78, 5) is 29.0. The molecule has 2 amide bonds. The predicted molar refractivity (Wildman–Crippen MR) is 120 cm³/mol. The molecule has 2 aliphatic rings. The first-order valence-electron chi connectivity index (χ1n) is 11.2. The van der Waals surface area contributed by atoms with Crippen LogP contribution < -0.4 is 4.90 Å². The van der Waals surface area contributed by atoms with E-state index in [1.807, 2.05) is 0 Å². The third-order valence-corrected chi connectivity index (χ3v) is 6.03. The standard InChI is InChI=1S/C22H21F4N9O/c1-12-29-13(2)34(31-12)20-17(25)11-27-21(30-20)32-5-7-33(8-6-32)22(36)35-18(3-4-28-35)15-9-14(23)10-16(24)19(15)26/h4,9-11,18H,3,5-8H2,1-2H3. The molecule has 0 radical (unpaired) electrons. The number of benzene rings is 1. The number of aromatic nitrogens is 5. The average molecular weight is 503 g/mol. The van der Waals surface area contributed by atoms with E-state index in [2.05, 4.69) is 25.2 Å². The molecule has 0 aliphatic carbocycles. The van der Waals surface area contributed by atoms with Crippen molar-refractivity contribution in [2.75, 3.05) is 31.1 Å². The van der Waals surface area contributed by atoms with Gasteiger partial charge in [-0.3, -0.25) is 0 Å². The molecule has 1 unspecified atom stereocenters. The largest absolute Gasteiger partial charge is 0.341 e. The van der Waals surface area contributed by atoms with Crippen molar-refractivity contribution in [2.24, 2.45) is 5.10 Å². The fourth-order valence-electron chi connectivity index (χ4n) is 4.29. The molecule has 10 nitrogen and oxygen atoms in total. The molecule has 5 rings (SSSR count). The SMILES string of the molecule is Cc1nc(C)n(-c2nc(N3CCN(C(=O)N4N=CCC4c4cc(F)cc(F)c4F)CC3)ncc2F)n1. The second kappa shape index (κ2) is 9.17. The zero-order chi connectivity index (χ0) is 25.6. The highest BCUT2D eigenvalue weighted by atomic mass is 19.2. The number of hydrogen-bond donors (Lipinski definition) is 0. The molecule has 2 aromatic heterocycles. The van der Waals surface area contributed by atoms with Gasteiger partial charge in [-0.15, -0.1) is 5.10 Å². The number of rotatable bonds is 3. The molecule has 0 N–H and O–H groups in total. The fourth-order valence-corrected chi connectivity index (χ4v) is 4.29. The molecular weight excluding hydrogens is 482 g/mol. The minimum atomic E-state index is -1.33. The van der Waals surface area contributed by atoms with Gasteiger partial charge in [-0.2, -0.15) is 14.8 Å². The Hall–Kier alpha value is -4.10. The van der Waals surface area contributed by atoms with Crippen molar-refractivity contribution in [3.8, 4) is 5.82 Å². The predicted octanol–water partition coefficient (Wildman–Crippen LogP) is 2.91. The highest BCUT2D eigenvalue weighted by molar-refractivity contribution is 5.78. The monoisotopic (exact) mass is 503 g/mol. The van der Waals surface area contributed by atoms with Crippen molar-refractivity contribution in [3.63, 3.8) is 0 Å². The molecule has 4 heterocycles. The Labute approximate surface area is 202 Å². The molecule has 1 aromatic carbocycles. The van der Waals surface area contributed by atoms with Crippen LogP contribution in [0.4, 0.5) is 28.3 Å². The van der Waals surface area contributed by atoms with E-state index >= 15 is 0 Å². The molecule has 3 aromatic rings. The van der Waals surface area contributed by atoms with Gasteiger partial charge in [-0.25, -0.2) is 37.3 Å². The Morgan fingerprint density at radius 3 is 2.44 bits per heavy atom. The van der Waals surface area contributed by atoms with Crippen molar-refractivity contribution in [3.05, 3.63) is 58.8 Å². The van der Waals surface area contributed by atoms with Gasteiger partial charge in [-0.1, -0.05) is 0 Å². The van der Waals surface area contributed by atoms with Crippen LogP contribution in [0.2, 0.25) is 0 Å². The summed E-state index contributed by atoms with van der Waals surface area (Å²) < 4.78 is 57.6. The summed E-state index contributed by atoms with van der Waals surface area (Å²) in [6.45, 7) is 4.52. The van der Waals surface area contributed by atoms with Gasteiger partial charge in [0.15, 0.2) is 23.3 Å². The molecular formula is C22H21F4N9O. The molecule has 1 saturated heterocycles. The van der Waals surface area contributed by atoms with Crippen LogP contribution in [0.5, 0.6) is 0 Å². The number of piperazine rings is 1. The van der Waals surface area contributed by atoms with Crippen LogP contribution >= 0.6 is 0 Å². The second-order valence-corrected chi connectivity index (χ2v) is 8.40. The van der Waals surface area contributed by atoms with Crippen molar-refractivity contribution in [2.45, 2.75) is 26.3 Å². The van der Waals surface area contributed by atoms with Crippen LogP contribution in [-0.2, 0) is 0 Å². The van der Waals surface area contributed by atoms with Gasteiger partial charge in [0, 0.05) is 50.4 Å². The van der Waals surface area contributed by atoms with Crippen molar-refractivity contribution < 1.29 is 22.4 Å². The number of anilines is 1. The van der Waals surface area contributed by atoms with E-state index in [1.165, 1.54) is 15.8 Å². The lowest BCUT2D eigenvalue weighted by molar-refractivity contribution is 0.138. The third-order valence-electron chi connectivity index (χ3n) is 6.03. The molecule has 0 bridgehead atoms. The number of hydrogen-bond acceptors (Lipinski definition) is 7. The maximum atomic E-state index is 14.4. The third kappa shape index (κ3) is 4.22. The lowest BCUT2D eigenvalue weighted by Gasteiger charge is -2.37. The van der Waals surface area contributed by atoms with Crippen LogP contribution in [0, 0.1) is 37.1 Å². The van der Waals surface area contributed by atoms with E-state index in [0.717, 1.165) is 17.3 Å². The van der Waals surface area contributed by atoms with Gasteiger partial charge in [0.25, 0.3) is 0 Å². The lowest BCUT2D eigenvalue weighted by Crippen LogP contribution is -2.52. The summed E-state index contributed by atoms with van der Waals surface area (Å²) in [5.41, 5.74) is -0.275. The van der Waals surface area contributed by atoms with E-state index in [-0.39, 0.29) is 36.8 Å². The van der Waals surface area contributed by atoms with Gasteiger partial charge in [0.05, 0.1) is 12.2 Å². The van der Waals surface area contributed by atoms with Crippen molar-refractivity contribution in [1.82, 2.24) is 34.6 Å². The van der Waals surface area contributed by atoms with Gasteiger partial charge in [0.1, 0.15) is 17.5 Å². The van der Waals surface area contributed by atoms with Crippen molar-refractivity contribution in [1.29, 1.82) is 0 Å². The van der Waals surface area contributed by atoms with Gasteiger partial charge in [0.2, 0.25) is 5.95 Å². The van der Waals surface area contributed by atoms with Gasteiger partial charge >= 0.3 is 6.03 Å². The molecule has 188 valence electrons. The first kappa shape index (κ1) is 23.6. The highest BCUT2D eigenvalue weighted by Crippen LogP contribution is 2.32. The summed E-state index contributed by atoms with van der Waals surface area (Å²) in [5, 5.41) is 9.23. The molecule has 1 fully saturated rings. The van der Waals surface area contributed by atoms with E-state index in [4.69, 9.17) is 0 Å². The van der Waals surface area contributed by atoms with Gasteiger partial charge < -0.3 is 9.80 Å². The van der Waals surface area contributed by atoms with E-state index in [1.54, 1.807) is 18.7 Å². The summed E-state index contributed by atoms with van der Waals surface area (Å²) in [7, 11) is 0. The van der Waals surface area contributed by atoms with Crippen LogP contribution in [0.25, 0.3) is 5.82 Å². The number of urea groups is 1. The molecule has 1 atom stereocenters. The fraction of sp³-hybridized carbons (Fsp3) is 0.364. The molecule has 0 spiro atoms. The van der Waals surface area contributed by atoms with Crippen LogP contribution in [0.3, 0.4) is 0 Å². The number of amides is 2. The minimum absolute atomic E-state index is 0.0322. The molecule has 2 aliphatic heterocycles. The maximum Gasteiger partial charge on any atom is 0.341 e. The lowest BCUT2D eigenvalue weighted by atomic mass is 10.0. The number of carbonyl (C=O) groups is 1. The number of nitrogens with zero attached hydrogens (tertiary/aromatic N) is 9. The van der Waals surface area contributed by atoms with Crippen LogP contribution in [-0.4, -0.2) is 73.1 Å². The summed E-state index contributed by atoms with van der Waals surface area (Å²) in [6.07, 6.45) is 2.59. The number of halogens is 4. The Morgan fingerprint density at radius 2 is 1.75 bits per heavy atom. The van der Waals surface area contributed by atoms with Crippen LogP contribution in [0.1, 0.15) is 29.7 Å². The topological polar surface area (TPSA) is 95.6 Å². The number of carbonyl (C=O) groups excluding carboxylic acids is 1. The first-order chi connectivity index (χ1) is 17.2. The van der Waals surface area contributed by atoms with E-state index in [9.17, 15) is 22.4 Å². The average Bonchev–Trinajstić information content (AvgIpc) is 3.47. The second-order valence-electron chi connectivity index (χ2n) is 8.40. The molecule has 36 heavy (non-hydrogen) atoms. The normalized spacial score (nSPS) is 17.8. The zero-order valence-corrected chi connectivity index (χ0v) is 19.4. The van der Waals surface area contributed by atoms with E-state index < -0.39 is 35.3 Å². The summed E-state index contributed by atoms with van der Waals surface area (Å²) in [6, 6.07) is -0.156. The van der Waals surface area contributed by atoms with Crippen LogP contribution in [0.15, 0.2) is 23.4 Å². The zero-order valence-electron chi connectivity index (χ0n) is 19.4. The summed E-state index contributed by atoms with van der Waals surface area (Å²) in [5.74, 6) is -2.95. The Kier molecular flexibility index (Phi) is 6.02. The smallest absolute Gasteiger partial charge is 0.337 e. The maximum absolute atomic E-state index is 14.4. The Morgan fingerprint density at radius 1 is 1.00 bits per heavy atom. The quantitative estimate of drug-likeness (QED) is 0.403. The number of hydrazone groups is 1. The first-order valence-corrected chi connectivity index (χ1v) is 11.2. The highest BCUT2D eigenvalue weighted by Gasteiger charge is 2.35. The Bertz CT molecular complexity index is 1350. The summed E-state index contributed by atoms with van der Waals surface area (Å²) >= 11 is 0. The van der Waals surface area contributed by atoms with Gasteiger partial charge in [-0.05, 0) is 19.9 Å². The van der Waals surface area contributed by atoms with E-state index in [0.29, 0.717) is 30.8 Å².